The standard InChI is InChI=1S/C22H23F3N2O2S/c23-22(24,25)16-4-6-17(7-5-16)29-11-9-15-3-8-20-19(12-15)21(13-26-20)27-30-14-18-2-1-10-28-18/h3-8,12-13,18,26-27H,1-2,9-11,14H2. The van der Waals surface area contributed by atoms with Gasteiger partial charge in [-0.1, -0.05) is 6.07 Å². The maximum absolute atomic E-state index is 12.6. The molecule has 1 aromatic heterocycles. The van der Waals surface area contributed by atoms with Gasteiger partial charge in [-0.15, -0.1) is 0 Å². The smallest absolute Gasteiger partial charge is 0.416 e. The van der Waals surface area contributed by atoms with Crippen LogP contribution in [0.4, 0.5) is 18.9 Å². The van der Waals surface area contributed by atoms with Gasteiger partial charge in [0, 0.05) is 35.9 Å². The number of anilines is 1. The Hall–Kier alpha value is -2.32. The lowest BCUT2D eigenvalue weighted by molar-refractivity contribution is -0.137. The number of fused-ring (bicyclic) bond motifs is 1. The van der Waals surface area contributed by atoms with Gasteiger partial charge in [0.15, 0.2) is 0 Å². The number of nitrogens with one attached hydrogen (secondary N) is 2. The van der Waals surface area contributed by atoms with Crippen LogP contribution in [-0.2, 0) is 17.3 Å². The van der Waals surface area contributed by atoms with Gasteiger partial charge in [0.05, 0.1) is 24.0 Å². The van der Waals surface area contributed by atoms with E-state index in [1.165, 1.54) is 12.1 Å². The molecule has 1 saturated heterocycles. The molecule has 30 heavy (non-hydrogen) atoms. The van der Waals surface area contributed by atoms with Crippen LogP contribution in [0.15, 0.2) is 48.7 Å². The van der Waals surface area contributed by atoms with E-state index in [0.717, 1.165) is 59.5 Å². The molecule has 4 rings (SSSR count). The van der Waals surface area contributed by atoms with E-state index in [4.69, 9.17) is 9.47 Å². The summed E-state index contributed by atoms with van der Waals surface area (Å²) in [6.07, 6.45) is 0.853. The lowest BCUT2D eigenvalue weighted by Crippen LogP contribution is -2.09. The molecule has 0 aliphatic carbocycles. The van der Waals surface area contributed by atoms with Crippen molar-refractivity contribution < 1.29 is 22.6 Å². The highest BCUT2D eigenvalue weighted by Gasteiger charge is 2.30. The van der Waals surface area contributed by atoms with Crippen LogP contribution in [0.25, 0.3) is 10.9 Å². The minimum Gasteiger partial charge on any atom is -0.493 e. The zero-order chi connectivity index (χ0) is 21.0. The first-order chi connectivity index (χ1) is 14.5. The molecule has 2 heterocycles. The van der Waals surface area contributed by atoms with Crippen molar-refractivity contribution in [2.45, 2.75) is 31.5 Å². The number of aromatic amines is 1. The minimum atomic E-state index is -4.33. The Labute approximate surface area is 177 Å². The Morgan fingerprint density at radius 3 is 2.73 bits per heavy atom. The third kappa shape index (κ3) is 5.23. The van der Waals surface area contributed by atoms with Crippen LogP contribution in [-0.4, -0.2) is 30.1 Å². The minimum absolute atomic E-state index is 0.325. The highest BCUT2D eigenvalue weighted by molar-refractivity contribution is 8.00. The van der Waals surface area contributed by atoms with Crippen molar-refractivity contribution in [2.24, 2.45) is 0 Å². The molecule has 160 valence electrons. The Kier molecular flexibility index (Phi) is 6.43. The SMILES string of the molecule is FC(F)(F)c1ccc(OCCc2ccc3[nH]cc(NSCC4CCCO4)c3c2)cc1. The molecule has 4 nitrogen and oxygen atoms in total. The Bertz CT molecular complexity index is 967. The molecular weight excluding hydrogens is 413 g/mol. The summed E-state index contributed by atoms with van der Waals surface area (Å²) in [5.41, 5.74) is 2.49. The second-order valence-electron chi connectivity index (χ2n) is 7.25. The Balaban J connectivity index is 1.31. The summed E-state index contributed by atoms with van der Waals surface area (Å²) >= 11 is 1.65. The monoisotopic (exact) mass is 436 g/mol. The second-order valence-corrected chi connectivity index (χ2v) is 8.08. The van der Waals surface area contributed by atoms with Crippen LogP contribution in [0.2, 0.25) is 0 Å². The number of hydrogen-bond donors (Lipinski definition) is 2. The maximum atomic E-state index is 12.6. The van der Waals surface area contributed by atoms with Crippen molar-refractivity contribution in [3.8, 4) is 5.75 Å². The number of benzene rings is 2. The van der Waals surface area contributed by atoms with Crippen molar-refractivity contribution in [1.29, 1.82) is 0 Å². The molecule has 1 fully saturated rings. The van der Waals surface area contributed by atoms with E-state index in [9.17, 15) is 13.2 Å². The lowest BCUT2D eigenvalue weighted by Gasteiger charge is -2.10. The van der Waals surface area contributed by atoms with Crippen molar-refractivity contribution in [1.82, 2.24) is 4.98 Å². The fourth-order valence-corrected chi connectivity index (χ4v) is 4.28. The van der Waals surface area contributed by atoms with Crippen molar-refractivity contribution in [3.05, 3.63) is 59.8 Å². The van der Waals surface area contributed by atoms with E-state index < -0.39 is 11.7 Å². The summed E-state index contributed by atoms with van der Waals surface area (Å²) in [6.45, 7) is 1.24. The van der Waals surface area contributed by atoms with Crippen molar-refractivity contribution >= 4 is 28.5 Å². The van der Waals surface area contributed by atoms with E-state index >= 15 is 0 Å². The lowest BCUT2D eigenvalue weighted by atomic mass is 10.1. The van der Waals surface area contributed by atoms with E-state index in [1.54, 1.807) is 11.9 Å². The van der Waals surface area contributed by atoms with Crippen LogP contribution in [0.5, 0.6) is 5.75 Å². The molecule has 0 amide bonds. The molecule has 3 aromatic rings. The molecule has 0 radical (unpaired) electrons. The van der Waals surface area contributed by atoms with Gasteiger partial charge in [0.2, 0.25) is 0 Å². The van der Waals surface area contributed by atoms with Gasteiger partial charge in [-0.2, -0.15) is 13.2 Å². The van der Waals surface area contributed by atoms with Crippen LogP contribution in [0.3, 0.4) is 0 Å². The molecule has 2 N–H and O–H groups in total. The van der Waals surface area contributed by atoms with Crippen molar-refractivity contribution in [2.75, 3.05) is 23.7 Å². The van der Waals surface area contributed by atoms with Gasteiger partial charge in [-0.05, 0) is 66.8 Å². The fourth-order valence-electron chi connectivity index (χ4n) is 3.42. The highest BCUT2D eigenvalue weighted by Crippen LogP contribution is 2.30. The quantitative estimate of drug-likeness (QED) is 0.422. The summed E-state index contributed by atoms with van der Waals surface area (Å²) < 4.78 is 52.5. The molecule has 0 saturated carbocycles. The first kappa shape index (κ1) is 20.9. The summed E-state index contributed by atoms with van der Waals surface area (Å²) in [6, 6.07) is 10.9. The van der Waals surface area contributed by atoms with E-state index in [2.05, 4.69) is 15.8 Å². The zero-order valence-electron chi connectivity index (χ0n) is 16.3. The van der Waals surface area contributed by atoms with Gasteiger partial charge in [-0.25, -0.2) is 0 Å². The maximum Gasteiger partial charge on any atom is 0.416 e. The molecule has 8 heteroatoms. The van der Waals surface area contributed by atoms with Gasteiger partial charge >= 0.3 is 6.18 Å². The summed E-state index contributed by atoms with van der Waals surface area (Å²) in [7, 11) is 0. The highest BCUT2D eigenvalue weighted by atomic mass is 32.2. The average molecular weight is 436 g/mol. The molecule has 1 atom stereocenters. The second kappa shape index (κ2) is 9.22. The number of aromatic nitrogens is 1. The predicted octanol–water partition coefficient (Wildman–Crippen LogP) is 6.05. The van der Waals surface area contributed by atoms with Crippen molar-refractivity contribution in [3.63, 3.8) is 0 Å². The number of H-pyrrole nitrogens is 1. The Morgan fingerprint density at radius 1 is 1.17 bits per heavy atom. The molecule has 1 aliphatic heterocycles. The van der Waals surface area contributed by atoms with Gasteiger partial charge in [0.25, 0.3) is 0 Å². The zero-order valence-corrected chi connectivity index (χ0v) is 17.1. The predicted molar refractivity (Wildman–Crippen MR) is 114 cm³/mol. The first-order valence-electron chi connectivity index (χ1n) is 9.88. The Morgan fingerprint density at radius 2 is 2.00 bits per heavy atom. The van der Waals surface area contributed by atoms with Crippen LogP contribution >= 0.6 is 11.9 Å². The number of halogens is 3. The van der Waals surface area contributed by atoms with Crippen LogP contribution in [0, 0.1) is 0 Å². The molecule has 1 unspecified atom stereocenters. The average Bonchev–Trinajstić information content (AvgIpc) is 3.38. The third-order valence-corrected chi connectivity index (χ3v) is 5.97. The van der Waals surface area contributed by atoms with Gasteiger partial charge < -0.3 is 19.2 Å². The van der Waals surface area contributed by atoms with Gasteiger partial charge in [-0.3, -0.25) is 0 Å². The number of alkyl halides is 3. The molecule has 0 spiro atoms. The number of rotatable bonds is 8. The van der Waals surface area contributed by atoms with Crippen LogP contribution < -0.4 is 9.46 Å². The third-order valence-electron chi connectivity index (χ3n) is 5.06. The number of hydrogen-bond acceptors (Lipinski definition) is 4. The number of ether oxygens (including phenoxy) is 2. The van der Waals surface area contributed by atoms with Crippen LogP contribution in [0.1, 0.15) is 24.0 Å². The first-order valence-corrected chi connectivity index (χ1v) is 10.9. The van der Waals surface area contributed by atoms with E-state index in [0.29, 0.717) is 24.9 Å². The summed E-state index contributed by atoms with van der Waals surface area (Å²) in [5, 5.41) is 1.10. The summed E-state index contributed by atoms with van der Waals surface area (Å²) in [5.74, 6) is 1.34. The fraction of sp³-hybridized carbons (Fsp3) is 0.364. The molecular formula is C22H23F3N2O2S. The van der Waals surface area contributed by atoms with Gasteiger partial charge in [0.1, 0.15) is 5.75 Å². The summed E-state index contributed by atoms with van der Waals surface area (Å²) in [4.78, 5) is 3.26. The molecule has 0 bridgehead atoms. The van der Waals surface area contributed by atoms with E-state index in [1.807, 2.05) is 18.3 Å². The topological polar surface area (TPSA) is 46.3 Å². The van der Waals surface area contributed by atoms with E-state index in [-0.39, 0.29) is 0 Å². The normalized spacial score (nSPS) is 16.8. The molecule has 1 aliphatic rings. The largest absolute Gasteiger partial charge is 0.493 e. The molecule has 2 aromatic carbocycles.